The third kappa shape index (κ3) is 5.24. The Balaban J connectivity index is 1.54. The molecule has 0 bridgehead atoms. The maximum Gasteiger partial charge on any atom is 0.257 e. The van der Waals surface area contributed by atoms with Gasteiger partial charge in [0.05, 0.1) is 10.7 Å². The third-order valence-electron chi connectivity index (χ3n) is 5.56. The number of rotatable bonds is 5. The van der Waals surface area contributed by atoms with Crippen LogP contribution in [0.1, 0.15) is 47.7 Å². The maximum absolute atomic E-state index is 12.5. The highest BCUT2D eigenvalue weighted by molar-refractivity contribution is 7.80. The minimum Gasteiger partial charge on any atom is -0.436 e. The number of thiocarbonyl (C=S) groups is 1. The predicted molar refractivity (Wildman–Crippen MR) is 138 cm³/mol. The molecule has 0 aliphatic heterocycles. The Labute approximate surface area is 203 Å². The molecule has 1 aromatic heterocycles. The Morgan fingerprint density at radius 1 is 1.15 bits per heavy atom. The van der Waals surface area contributed by atoms with Crippen LogP contribution in [0, 0.1) is 6.92 Å². The van der Waals surface area contributed by atoms with Crippen LogP contribution in [-0.2, 0) is 0 Å². The van der Waals surface area contributed by atoms with Crippen molar-refractivity contribution in [1.29, 1.82) is 0 Å². The van der Waals surface area contributed by atoms with Crippen LogP contribution >= 0.6 is 23.8 Å². The van der Waals surface area contributed by atoms with Gasteiger partial charge in [-0.1, -0.05) is 49.2 Å². The highest BCUT2D eigenvalue weighted by atomic mass is 35.5. The number of aromatic nitrogens is 1. The van der Waals surface area contributed by atoms with Gasteiger partial charge < -0.3 is 9.73 Å². The lowest BCUT2D eigenvalue weighted by atomic mass is 9.98. The van der Waals surface area contributed by atoms with Crippen LogP contribution in [-0.4, -0.2) is 16.0 Å². The first kappa shape index (κ1) is 23.0. The topological polar surface area (TPSA) is 67.2 Å². The lowest BCUT2D eigenvalue weighted by Gasteiger charge is -2.12. The summed E-state index contributed by atoms with van der Waals surface area (Å²) in [7, 11) is 0. The number of anilines is 1. The number of benzene rings is 3. The van der Waals surface area contributed by atoms with Crippen LogP contribution in [0.3, 0.4) is 0 Å². The van der Waals surface area contributed by atoms with E-state index in [4.69, 9.17) is 28.2 Å². The molecule has 0 saturated heterocycles. The second-order valence-electron chi connectivity index (χ2n) is 8.03. The molecule has 0 spiro atoms. The number of carbonyl (C=O) groups is 1. The Kier molecular flexibility index (Phi) is 6.77. The van der Waals surface area contributed by atoms with Crippen molar-refractivity contribution in [3.05, 3.63) is 82.4 Å². The van der Waals surface area contributed by atoms with Gasteiger partial charge in [-0.3, -0.25) is 10.1 Å². The SMILES string of the molecule is CCC(C)c1ccc2oc(-c3ccc(Cl)c(NC(=S)NC(=O)c4cccc(C)c4)c3)nc2c1. The Bertz CT molecular complexity index is 1350. The highest BCUT2D eigenvalue weighted by Crippen LogP contribution is 2.31. The number of halogens is 1. The standard InChI is InChI=1S/C26H24ClN3O2S/c1-4-16(3)17-9-11-23-22(13-17)28-25(32-23)19-8-10-20(27)21(14-19)29-26(33)30-24(31)18-7-5-6-15(2)12-18/h5-14,16H,4H2,1-3H3,(H2,29,30,31,33). The van der Waals surface area contributed by atoms with E-state index in [1.54, 1.807) is 24.3 Å². The number of fused-ring (bicyclic) bond motifs is 1. The second-order valence-corrected chi connectivity index (χ2v) is 8.84. The van der Waals surface area contributed by atoms with E-state index in [1.165, 1.54) is 5.56 Å². The van der Waals surface area contributed by atoms with Crippen LogP contribution in [0.5, 0.6) is 0 Å². The number of hydrogen-bond donors (Lipinski definition) is 2. The summed E-state index contributed by atoms with van der Waals surface area (Å²) in [5.41, 5.74) is 5.59. The normalized spacial score (nSPS) is 11.9. The minimum atomic E-state index is -0.292. The van der Waals surface area contributed by atoms with Crippen molar-refractivity contribution in [3.8, 4) is 11.5 Å². The predicted octanol–water partition coefficient (Wildman–Crippen LogP) is 7.10. The second kappa shape index (κ2) is 9.73. The van der Waals surface area contributed by atoms with Crippen molar-refractivity contribution in [2.45, 2.75) is 33.1 Å². The number of hydrogen-bond acceptors (Lipinski definition) is 4. The number of amides is 1. The lowest BCUT2D eigenvalue weighted by Crippen LogP contribution is -2.34. The van der Waals surface area contributed by atoms with Gasteiger partial charge in [0.15, 0.2) is 10.7 Å². The van der Waals surface area contributed by atoms with E-state index >= 15 is 0 Å². The van der Waals surface area contributed by atoms with Crippen molar-refractivity contribution in [2.24, 2.45) is 0 Å². The molecule has 4 rings (SSSR count). The van der Waals surface area contributed by atoms with Crippen LogP contribution in [0.2, 0.25) is 5.02 Å². The summed E-state index contributed by atoms with van der Waals surface area (Å²) in [4.78, 5) is 17.1. The molecular weight excluding hydrogens is 454 g/mol. The van der Waals surface area contributed by atoms with Gasteiger partial charge in [0.2, 0.25) is 5.89 Å². The van der Waals surface area contributed by atoms with Crippen LogP contribution in [0.4, 0.5) is 5.69 Å². The van der Waals surface area contributed by atoms with E-state index in [0.717, 1.165) is 28.6 Å². The quantitative estimate of drug-likeness (QED) is 0.300. The molecule has 3 aromatic carbocycles. The fraction of sp³-hybridized carbons (Fsp3) is 0.192. The van der Waals surface area contributed by atoms with E-state index < -0.39 is 0 Å². The summed E-state index contributed by atoms with van der Waals surface area (Å²) in [6.07, 6.45) is 1.06. The minimum absolute atomic E-state index is 0.149. The van der Waals surface area contributed by atoms with E-state index in [0.29, 0.717) is 28.1 Å². The maximum atomic E-state index is 12.5. The molecule has 7 heteroatoms. The van der Waals surface area contributed by atoms with Gasteiger partial charge in [0.25, 0.3) is 5.91 Å². The van der Waals surface area contributed by atoms with E-state index in [-0.39, 0.29) is 11.0 Å². The molecule has 5 nitrogen and oxygen atoms in total. The smallest absolute Gasteiger partial charge is 0.257 e. The van der Waals surface area contributed by atoms with Gasteiger partial charge in [-0.2, -0.15) is 0 Å². The average Bonchev–Trinajstić information content (AvgIpc) is 3.23. The van der Waals surface area contributed by atoms with Gasteiger partial charge in [0.1, 0.15) is 5.52 Å². The fourth-order valence-electron chi connectivity index (χ4n) is 3.48. The van der Waals surface area contributed by atoms with Gasteiger partial charge in [-0.05, 0) is 79.5 Å². The van der Waals surface area contributed by atoms with Crippen molar-refractivity contribution in [3.63, 3.8) is 0 Å². The van der Waals surface area contributed by atoms with Crippen LogP contribution in [0.15, 0.2) is 65.1 Å². The summed E-state index contributed by atoms with van der Waals surface area (Å²) in [6, 6.07) is 18.8. The molecule has 168 valence electrons. The number of nitrogens with one attached hydrogen (secondary N) is 2. The zero-order chi connectivity index (χ0) is 23.5. The molecule has 0 aliphatic carbocycles. The molecule has 4 aromatic rings. The summed E-state index contributed by atoms with van der Waals surface area (Å²) in [6.45, 7) is 6.29. The summed E-state index contributed by atoms with van der Waals surface area (Å²) in [5, 5.41) is 6.29. The molecule has 0 aliphatic rings. The van der Waals surface area contributed by atoms with Crippen molar-refractivity contribution >= 4 is 51.6 Å². The molecule has 1 atom stereocenters. The highest BCUT2D eigenvalue weighted by Gasteiger charge is 2.14. The molecular formula is C26H24ClN3O2S. The van der Waals surface area contributed by atoms with E-state index in [2.05, 4.69) is 41.6 Å². The molecule has 33 heavy (non-hydrogen) atoms. The first-order valence-electron chi connectivity index (χ1n) is 10.7. The Morgan fingerprint density at radius 3 is 2.73 bits per heavy atom. The van der Waals surface area contributed by atoms with Gasteiger partial charge in [-0.25, -0.2) is 4.98 Å². The van der Waals surface area contributed by atoms with Gasteiger partial charge in [0, 0.05) is 11.1 Å². The number of aryl methyl sites for hydroxylation is 1. The van der Waals surface area contributed by atoms with Crippen LogP contribution in [0.25, 0.3) is 22.6 Å². The van der Waals surface area contributed by atoms with Crippen LogP contribution < -0.4 is 10.6 Å². The molecule has 1 amide bonds. The number of nitrogens with zero attached hydrogens (tertiary/aromatic N) is 1. The monoisotopic (exact) mass is 477 g/mol. The number of carbonyl (C=O) groups excluding carboxylic acids is 1. The molecule has 0 saturated carbocycles. The molecule has 1 unspecified atom stereocenters. The number of oxazole rings is 1. The molecule has 2 N–H and O–H groups in total. The molecule has 1 heterocycles. The third-order valence-corrected chi connectivity index (χ3v) is 6.10. The lowest BCUT2D eigenvalue weighted by molar-refractivity contribution is 0.0977. The zero-order valence-electron chi connectivity index (χ0n) is 18.6. The fourth-order valence-corrected chi connectivity index (χ4v) is 3.85. The molecule has 0 fully saturated rings. The van der Waals surface area contributed by atoms with Crippen molar-refractivity contribution < 1.29 is 9.21 Å². The first-order chi connectivity index (χ1) is 15.8. The van der Waals surface area contributed by atoms with Gasteiger partial charge >= 0.3 is 0 Å². The van der Waals surface area contributed by atoms with E-state index in [9.17, 15) is 4.79 Å². The summed E-state index contributed by atoms with van der Waals surface area (Å²) in [5.74, 6) is 0.650. The van der Waals surface area contributed by atoms with Gasteiger partial charge in [-0.15, -0.1) is 0 Å². The van der Waals surface area contributed by atoms with Crippen molar-refractivity contribution in [1.82, 2.24) is 10.3 Å². The Morgan fingerprint density at radius 2 is 1.97 bits per heavy atom. The zero-order valence-corrected chi connectivity index (χ0v) is 20.2. The Hall–Kier alpha value is -3.22. The largest absolute Gasteiger partial charge is 0.436 e. The average molecular weight is 478 g/mol. The summed E-state index contributed by atoms with van der Waals surface area (Å²) < 4.78 is 5.97. The van der Waals surface area contributed by atoms with E-state index in [1.807, 2.05) is 31.2 Å². The summed E-state index contributed by atoms with van der Waals surface area (Å²) >= 11 is 11.7. The van der Waals surface area contributed by atoms with Crippen molar-refractivity contribution in [2.75, 3.05) is 5.32 Å². The first-order valence-corrected chi connectivity index (χ1v) is 11.5. The molecule has 0 radical (unpaired) electrons.